The minimum atomic E-state index is -1.87. The highest BCUT2D eigenvalue weighted by Gasteiger charge is 2.35. The number of carbonyl (C=O) groups excluding carboxylic acids is 13. The Balaban J connectivity index is 2.43. The van der Waals surface area contributed by atoms with Crippen LogP contribution in [0.3, 0.4) is 0 Å². The van der Waals surface area contributed by atoms with Gasteiger partial charge in [-0.25, -0.2) is 0 Å². The maximum atomic E-state index is 14.6. The summed E-state index contributed by atoms with van der Waals surface area (Å²) in [6, 6.07) is -2.43. The summed E-state index contributed by atoms with van der Waals surface area (Å²) in [6.45, 7) is 11.8. The van der Waals surface area contributed by atoms with E-state index in [1.54, 1.807) is 44.2 Å². The molecule has 0 radical (unpaired) electrons. The highest BCUT2D eigenvalue weighted by atomic mass is 32.2. The van der Waals surface area contributed by atoms with Gasteiger partial charge < -0.3 is 126 Å². The fourth-order valence-corrected chi connectivity index (χ4v) is 12.1. The number of hydrogen-bond acceptors (Lipinski definition) is 28. The van der Waals surface area contributed by atoms with Gasteiger partial charge >= 0.3 is 5.97 Å². The number of carboxylic acid groups (broad SMARTS) is 1. The fourth-order valence-electron chi connectivity index (χ4n) is 10.7. The van der Waals surface area contributed by atoms with Crippen molar-refractivity contribution < 1.29 is 102 Å². The van der Waals surface area contributed by atoms with Gasteiger partial charge in [-0.05, 0) is 124 Å². The molecular formula is C72H122N20O21S3. The van der Waals surface area contributed by atoms with Crippen LogP contribution in [0.4, 0.5) is 0 Å². The number of carbonyl (C=O) groups is 14. The average Bonchev–Trinajstić information content (AvgIpc) is 0.844. The molecule has 1 aliphatic rings. The summed E-state index contributed by atoms with van der Waals surface area (Å²) in [5.74, 6) is -13.6. The number of rotatable bonds is 49. The standard InChI is InChI=1S/C72H122N20O21S3/c1-45(91-108)71(3,4)82-26-21-47(22-27-83-72(5,6)46(2)92-109)20-25-77-58(95)19-12-18-57(94)76-23-11-10-16-50-65(103)88-53(41-114)68(106)86-49(17-13-24-80-70(74)75)63(101)81-38-59(96)85-52(37-62(99)100)67(105)89-54(42-115)69(107)87-51(36-48-14-8-7-9-15-48)66(104)90-55(43-116-44-61(98)84-50)64(102)79-29-31-111-33-35-112-34-32-110-30-28-78-60(97)40-113-39-56(73)93/h7-9,14-15,47,49-55,82-83,108-109,114-115H,10-13,16-44H2,1-6H3,(H2,73,93)(H,76,94)(H,77,95)(H,78,97)(H,79,102)(H,81,101)(H,84,98)(H,85,96)(H,86,106)(H,87,107)(H,88,103)(H,89,105)(H,90,104)(H,99,100)(H4,74,75,80)/b91-45-,92-46-/t49-,50-,51-,52-,53-,54-,55-/m0/s1. The van der Waals surface area contributed by atoms with Crippen molar-refractivity contribution in [2.75, 3.05) is 128 Å². The lowest BCUT2D eigenvalue weighted by atomic mass is 9.94. The van der Waals surface area contributed by atoms with Crippen molar-refractivity contribution in [2.45, 2.75) is 178 Å². The van der Waals surface area contributed by atoms with E-state index in [9.17, 15) is 82.6 Å². The Morgan fingerprint density at radius 1 is 0.543 bits per heavy atom. The van der Waals surface area contributed by atoms with Gasteiger partial charge in [0.05, 0.1) is 80.9 Å². The van der Waals surface area contributed by atoms with E-state index in [1.807, 2.05) is 27.7 Å². The number of aliphatic imine (C=N–C) groups is 1. The van der Waals surface area contributed by atoms with Crippen LogP contribution in [0.2, 0.25) is 0 Å². The number of hydrogen-bond donors (Lipinski definition) is 22. The summed E-state index contributed by atoms with van der Waals surface area (Å²) in [5.41, 5.74) is 16.4. The molecule has 1 aromatic carbocycles. The van der Waals surface area contributed by atoms with E-state index in [-0.39, 0.29) is 165 Å². The Kier molecular flexibility index (Phi) is 52.0. The molecule has 116 heavy (non-hydrogen) atoms. The predicted molar refractivity (Wildman–Crippen MR) is 437 cm³/mol. The number of nitrogens with two attached hydrogens (primary N) is 3. The number of thiol groups is 2. The third kappa shape index (κ3) is 45.9. The molecule has 654 valence electrons. The van der Waals surface area contributed by atoms with Gasteiger partial charge in [-0.2, -0.15) is 25.3 Å². The second-order valence-electron chi connectivity index (χ2n) is 28.1. The average molecular weight is 1700 g/mol. The number of oxime groups is 2. The maximum Gasteiger partial charge on any atom is 0.305 e. The van der Waals surface area contributed by atoms with E-state index < -0.39 is 155 Å². The molecule has 1 heterocycles. The second-order valence-corrected chi connectivity index (χ2v) is 29.8. The summed E-state index contributed by atoms with van der Waals surface area (Å²) < 4.78 is 21.4. The lowest BCUT2D eigenvalue weighted by Gasteiger charge is -2.28. The number of carboxylic acids is 1. The van der Waals surface area contributed by atoms with Crippen LogP contribution >= 0.6 is 37.0 Å². The molecule has 23 N–H and O–H groups in total. The van der Waals surface area contributed by atoms with Crippen molar-refractivity contribution in [3.05, 3.63) is 35.9 Å². The van der Waals surface area contributed by atoms with Crippen molar-refractivity contribution in [1.82, 2.24) is 74.4 Å². The highest BCUT2D eigenvalue weighted by molar-refractivity contribution is 8.00. The molecular weight excluding hydrogens is 1580 g/mol. The Morgan fingerprint density at radius 3 is 1.58 bits per heavy atom. The van der Waals surface area contributed by atoms with Gasteiger partial charge in [0.15, 0.2) is 5.96 Å². The van der Waals surface area contributed by atoms with Crippen molar-refractivity contribution in [3.8, 4) is 0 Å². The number of guanidine groups is 1. The number of amides is 13. The SMILES string of the molecule is C/C(=N/O)C(C)(C)NCCC(CCNC(=O)CCCC(=O)NCCCC[C@@H]1NC(=O)CSC[C@@H](C(=O)NCCOCCOCCOCCNC(=O)COCC(N)=O)NC(=O)[C@H](Cc2ccccc2)NC(=O)[C@H](CS)NC(=O)[C@H](CC(=O)O)NC(=O)CNC(=O)[C@H](CCCN=C(N)N)NC(=O)[C@H](CS)NC1=O)CCNC(C)(C)/C(C)=N\O. The summed E-state index contributed by atoms with van der Waals surface area (Å²) in [4.78, 5) is 191. The molecule has 2 rings (SSSR count). The Labute approximate surface area is 690 Å². The molecule has 0 bridgehead atoms. The first-order chi connectivity index (χ1) is 55.1. The topological polar surface area (TPSA) is 620 Å². The summed E-state index contributed by atoms with van der Waals surface area (Å²) in [7, 11) is 0. The van der Waals surface area contributed by atoms with Gasteiger partial charge in [0.25, 0.3) is 0 Å². The van der Waals surface area contributed by atoms with E-state index in [1.165, 1.54) is 0 Å². The zero-order valence-electron chi connectivity index (χ0n) is 66.9. The van der Waals surface area contributed by atoms with Gasteiger partial charge in [-0.15, -0.1) is 11.8 Å². The Morgan fingerprint density at radius 2 is 1.03 bits per heavy atom. The third-order valence-electron chi connectivity index (χ3n) is 18.0. The minimum Gasteiger partial charge on any atom is -0.481 e. The number of primary amides is 1. The molecule has 1 aliphatic heterocycles. The van der Waals surface area contributed by atoms with Crippen molar-refractivity contribution in [3.63, 3.8) is 0 Å². The Hall–Kier alpha value is -9.18. The van der Waals surface area contributed by atoms with Crippen molar-refractivity contribution >= 4 is 137 Å². The number of benzene rings is 1. The van der Waals surface area contributed by atoms with Crippen LogP contribution in [0.25, 0.3) is 0 Å². The number of nitrogens with zero attached hydrogens (tertiary/aromatic N) is 3. The summed E-state index contributed by atoms with van der Waals surface area (Å²) in [5, 5.41) is 73.0. The smallest absolute Gasteiger partial charge is 0.305 e. The third-order valence-corrected chi connectivity index (χ3v) is 19.8. The van der Waals surface area contributed by atoms with Crippen LogP contribution in [-0.4, -0.2) is 297 Å². The molecule has 1 saturated heterocycles. The van der Waals surface area contributed by atoms with E-state index >= 15 is 0 Å². The molecule has 0 spiro atoms. The summed E-state index contributed by atoms with van der Waals surface area (Å²) in [6.07, 6.45) is 1.46. The fraction of sp³-hybridized carbons (Fsp3) is 0.681. The number of aliphatic carboxylic acids is 1. The molecule has 7 atom stereocenters. The van der Waals surface area contributed by atoms with Gasteiger partial charge in [0.2, 0.25) is 76.8 Å². The first-order valence-electron chi connectivity index (χ1n) is 38.2. The predicted octanol–water partition coefficient (Wildman–Crippen LogP) is -4.55. The molecule has 13 amide bonds. The van der Waals surface area contributed by atoms with Gasteiger partial charge in [0.1, 0.15) is 55.5 Å². The lowest BCUT2D eigenvalue weighted by molar-refractivity contribution is -0.141. The molecule has 0 saturated carbocycles. The zero-order valence-corrected chi connectivity index (χ0v) is 69.5. The van der Waals surface area contributed by atoms with Gasteiger partial charge in [0, 0.05) is 69.2 Å². The highest BCUT2D eigenvalue weighted by Crippen LogP contribution is 2.17. The number of thioether (sulfide) groups is 1. The first-order valence-corrected chi connectivity index (χ1v) is 40.6. The van der Waals surface area contributed by atoms with E-state index in [0.29, 0.717) is 43.0 Å². The van der Waals surface area contributed by atoms with Crippen LogP contribution in [0.5, 0.6) is 0 Å². The van der Waals surface area contributed by atoms with Gasteiger partial charge in [-0.3, -0.25) is 72.1 Å². The van der Waals surface area contributed by atoms with Gasteiger partial charge in [-0.1, -0.05) is 40.6 Å². The van der Waals surface area contributed by atoms with Crippen LogP contribution in [0.1, 0.15) is 124 Å². The quantitative estimate of drug-likeness (QED) is 0.00730. The zero-order chi connectivity index (χ0) is 86.4. The first kappa shape index (κ1) is 103. The van der Waals surface area contributed by atoms with Crippen LogP contribution in [0, 0.1) is 5.92 Å². The van der Waals surface area contributed by atoms with Crippen molar-refractivity contribution in [2.24, 2.45) is 38.4 Å². The maximum absolute atomic E-state index is 14.6. The molecule has 1 fully saturated rings. The normalized spacial score (nSPS) is 19.3. The van der Waals surface area contributed by atoms with Crippen molar-refractivity contribution in [1.29, 1.82) is 0 Å². The summed E-state index contributed by atoms with van der Waals surface area (Å²) >= 11 is 9.42. The van der Waals surface area contributed by atoms with E-state index in [4.69, 9.17) is 36.1 Å². The largest absolute Gasteiger partial charge is 0.481 e. The number of unbranched alkanes of at least 4 members (excludes halogenated alkanes) is 1. The molecule has 0 unspecified atom stereocenters. The molecule has 41 nitrogen and oxygen atoms in total. The van der Waals surface area contributed by atoms with E-state index in [2.05, 4.69) is 115 Å². The molecule has 44 heteroatoms. The van der Waals surface area contributed by atoms with Crippen LogP contribution in [-0.2, 0) is 92.5 Å². The molecule has 1 aromatic rings. The number of nitrogens with one attached hydrogen (secondary N) is 14. The second kappa shape index (κ2) is 58.6. The minimum absolute atomic E-state index is 0.00698. The number of ether oxygens (including phenoxy) is 4. The molecule has 0 aliphatic carbocycles. The molecule has 0 aromatic heterocycles. The lowest BCUT2D eigenvalue weighted by Crippen LogP contribution is -2.60. The van der Waals surface area contributed by atoms with Crippen LogP contribution in [0.15, 0.2) is 45.6 Å². The monoisotopic (exact) mass is 1700 g/mol. The Bertz CT molecular complexity index is 3340. The van der Waals surface area contributed by atoms with Crippen LogP contribution < -0.4 is 91.6 Å². The van der Waals surface area contributed by atoms with E-state index in [0.717, 1.165) is 24.6 Å².